The topological polar surface area (TPSA) is 106 Å². The van der Waals surface area contributed by atoms with Gasteiger partial charge in [-0.05, 0) is 32.7 Å². The maximum atomic E-state index is 11.3. The Bertz CT molecular complexity index is 311. The average Bonchev–Trinajstić information content (AvgIpc) is 2.34. The van der Waals surface area contributed by atoms with Crippen LogP contribution in [0.5, 0.6) is 0 Å². The molecule has 0 unspecified atom stereocenters. The number of azide groups is 1. The molecular weight excluding hydrogens is 264 g/mol. The van der Waals surface area contributed by atoms with Gasteiger partial charge < -0.3 is 19.5 Å². The second kappa shape index (κ2) is 11.3. The minimum atomic E-state index is -0.479. The maximum absolute atomic E-state index is 11.3. The molecule has 0 aliphatic rings. The van der Waals surface area contributed by atoms with Gasteiger partial charge in [0.15, 0.2) is 0 Å². The predicted molar refractivity (Wildman–Crippen MR) is 74.5 cm³/mol. The molecule has 0 aromatic rings. The van der Waals surface area contributed by atoms with Crippen molar-refractivity contribution in [3.05, 3.63) is 10.4 Å². The van der Waals surface area contributed by atoms with Crippen LogP contribution in [0.1, 0.15) is 27.2 Å². The van der Waals surface area contributed by atoms with Gasteiger partial charge in [0.05, 0.1) is 19.8 Å². The molecule has 0 radical (unpaired) electrons. The predicted octanol–water partition coefficient (Wildman–Crippen LogP) is 2.24. The van der Waals surface area contributed by atoms with E-state index in [-0.39, 0.29) is 0 Å². The van der Waals surface area contributed by atoms with Crippen LogP contribution in [0.3, 0.4) is 0 Å². The van der Waals surface area contributed by atoms with E-state index in [9.17, 15) is 4.79 Å². The maximum Gasteiger partial charge on any atom is 0.407 e. The highest BCUT2D eigenvalue weighted by atomic mass is 16.6. The normalized spacial score (nSPS) is 10.8. The third kappa shape index (κ3) is 14.6. The van der Waals surface area contributed by atoms with Gasteiger partial charge in [-0.25, -0.2) is 4.79 Å². The van der Waals surface area contributed by atoms with E-state index in [0.29, 0.717) is 45.9 Å². The van der Waals surface area contributed by atoms with Crippen LogP contribution in [0.25, 0.3) is 10.4 Å². The Kier molecular flexibility index (Phi) is 10.5. The van der Waals surface area contributed by atoms with Crippen LogP contribution >= 0.6 is 0 Å². The summed E-state index contributed by atoms with van der Waals surface area (Å²) in [5, 5.41) is 5.98. The molecule has 1 amide bonds. The quantitative estimate of drug-likeness (QED) is 0.288. The largest absolute Gasteiger partial charge is 0.444 e. The first kappa shape index (κ1) is 18.5. The lowest BCUT2D eigenvalue weighted by atomic mass is 10.2. The van der Waals surface area contributed by atoms with Crippen LogP contribution < -0.4 is 5.32 Å². The minimum absolute atomic E-state index is 0.330. The number of hydrogen-bond donors (Lipinski definition) is 1. The third-order valence-electron chi connectivity index (χ3n) is 1.90. The summed E-state index contributed by atoms with van der Waals surface area (Å²) in [7, 11) is 0. The average molecular weight is 288 g/mol. The van der Waals surface area contributed by atoms with E-state index in [1.165, 1.54) is 0 Å². The summed E-state index contributed by atoms with van der Waals surface area (Å²) >= 11 is 0. The van der Waals surface area contributed by atoms with Crippen molar-refractivity contribution >= 4 is 6.09 Å². The zero-order chi connectivity index (χ0) is 15.3. The van der Waals surface area contributed by atoms with E-state index >= 15 is 0 Å². The van der Waals surface area contributed by atoms with Gasteiger partial charge in [0.2, 0.25) is 0 Å². The summed E-state index contributed by atoms with van der Waals surface area (Å²) in [6.07, 6.45) is 0.289. The van der Waals surface area contributed by atoms with Crippen LogP contribution in [0.4, 0.5) is 4.79 Å². The molecule has 0 fully saturated rings. The third-order valence-corrected chi connectivity index (χ3v) is 1.90. The van der Waals surface area contributed by atoms with Crippen LogP contribution in [0, 0.1) is 0 Å². The van der Waals surface area contributed by atoms with Gasteiger partial charge in [0, 0.05) is 24.6 Å². The molecule has 8 nitrogen and oxygen atoms in total. The number of nitrogens with zero attached hydrogens (tertiary/aromatic N) is 3. The van der Waals surface area contributed by atoms with Crippen molar-refractivity contribution in [2.75, 3.05) is 39.5 Å². The van der Waals surface area contributed by atoms with Crippen molar-refractivity contribution in [2.45, 2.75) is 32.8 Å². The molecule has 0 heterocycles. The minimum Gasteiger partial charge on any atom is -0.444 e. The summed E-state index contributed by atoms with van der Waals surface area (Å²) in [5.74, 6) is 0. The fourth-order valence-electron chi connectivity index (χ4n) is 1.15. The Morgan fingerprint density at radius 3 is 2.45 bits per heavy atom. The van der Waals surface area contributed by atoms with E-state index in [2.05, 4.69) is 15.3 Å². The van der Waals surface area contributed by atoms with Crippen LogP contribution in [-0.2, 0) is 14.2 Å². The first-order chi connectivity index (χ1) is 9.45. The van der Waals surface area contributed by atoms with Crippen molar-refractivity contribution in [3.63, 3.8) is 0 Å². The van der Waals surface area contributed by atoms with Gasteiger partial charge in [-0.3, -0.25) is 0 Å². The zero-order valence-corrected chi connectivity index (χ0v) is 12.4. The summed E-state index contributed by atoms with van der Waals surface area (Å²) in [4.78, 5) is 13.9. The molecular formula is C12H24N4O4. The van der Waals surface area contributed by atoms with Crippen molar-refractivity contribution in [3.8, 4) is 0 Å². The molecule has 0 rings (SSSR count). The smallest absolute Gasteiger partial charge is 0.407 e. The van der Waals surface area contributed by atoms with Gasteiger partial charge in [-0.1, -0.05) is 5.11 Å². The molecule has 0 aliphatic carbocycles. The van der Waals surface area contributed by atoms with Gasteiger partial charge in [0.25, 0.3) is 0 Å². The Morgan fingerprint density at radius 1 is 1.20 bits per heavy atom. The number of carbonyl (C=O) groups excluding carboxylic acids is 1. The number of hydrogen-bond acceptors (Lipinski definition) is 5. The molecule has 8 heteroatoms. The fraction of sp³-hybridized carbons (Fsp3) is 0.917. The Morgan fingerprint density at radius 2 is 1.85 bits per heavy atom. The second-order valence-electron chi connectivity index (χ2n) is 4.96. The molecule has 0 aromatic carbocycles. The first-order valence-corrected chi connectivity index (χ1v) is 6.59. The van der Waals surface area contributed by atoms with Crippen LogP contribution in [0.15, 0.2) is 5.11 Å². The summed E-state index contributed by atoms with van der Waals surface area (Å²) in [6, 6.07) is 0. The van der Waals surface area contributed by atoms with E-state index in [1.54, 1.807) is 0 Å². The molecule has 0 bridgehead atoms. The molecule has 20 heavy (non-hydrogen) atoms. The molecule has 0 saturated carbocycles. The SMILES string of the molecule is CC(C)(C)OC(=O)NCCCOCCOCCN=[N+]=[N-]. The number of nitrogens with one attached hydrogen (secondary N) is 1. The molecule has 0 aromatic heterocycles. The number of ether oxygens (including phenoxy) is 3. The van der Waals surface area contributed by atoms with E-state index in [4.69, 9.17) is 19.7 Å². The first-order valence-electron chi connectivity index (χ1n) is 6.59. The van der Waals surface area contributed by atoms with E-state index in [0.717, 1.165) is 0 Å². The number of amides is 1. The zero-order valence-electron chi connectivity index (χ0n) is 12.4. The summed E-state index contributed by atoms with van der Waals surface area (Å²) < 4.78 is 15.5. The van der Waals surface area contributed by atoms with E-state index < -0.39 is 11.7 Å². The van der Waals surface area contributed by atoms with Crippen molar-refractivity contribution in [1.82, 2.24) is 5.32 Å². The lowest BCUT2D eigenvalue weighted by Gasteiger charge is -2.19. The Hall–Kier alpha value is -1.50. The standard InChI is InChI=1S/C12H24N4O4/c1-12(2,3)20-11(17)14-5-4-7-18-9-10-19-8-6-15-16-13/h4-10H2,1-3H3,(H,14,17). The molecule has 0 spiro atoms. The highest BCUT2D eigenvalue weighted by Crippen LogP contribution is 2.06. The van der Waals surface area contributed by atoms with Crippen molar-refractivity contribution in [2.24, 2.45) is 5.11 Å². The van der Waals surface area contributed by atoms with Gasteiger partial charge in [-0.15, -0.1) is 0 Å². The van der Waals surface area contributed by atoms with Gasteiger partial charge in [0.1, 0.15) is 5.60 Å². The summed E-state index contributed by atoms with van der Waals surface area (Å²) in [5.41, 5.74) is 7.55. The molecule has 1 N–H and O–H groups in total. The summed E-state index contributed by atoms with van der Waals surface area (Å²) in [6.45, 7) is 8.15. The lowest BCUT2D eigenvalue weighted by Crippen LogP contribution is -2.33. The molecule has 0 atom stereocenters. The highest BCUT2D eigenvalue weighted by molar-refractivity contribution is 5.67. The van der Waals surface area contributed by atoms with Crippen molar-refractivity contribution in [1.29, 1.82) is 0 Å². The van der Waals surface area contributed by atoms with E-state index in [1.807, 2.05) is 20.8 Å². The highest BCUT2D eigenvalue weighted by Gasteiger charge is 2.15. The molecule has 0 saturated heterocycles. The Labute approximate surface area is 119 Å². The molecule has 116 valence electrons. The van der Waals surface area contributed by atoms with Gasteiger partial charge in [-0.2, -0.15) is 0 Å². The van der Waals surface area contributed by atoms with Gasteiger partial charge >= 0.3 is 6.09 Å². The van der Waals surface area contributed by atoms with Crippen LogP contribution in [0.2, 0.25) is 0 Å². The number of rotatable bonds is 10. The van der Waals surface area contributed by atoms with Crippen LogP contribution in [-0.4, -0.2) is 51.2 Å². The number of carbonyl (C=O) groups is 1. The van der Waals surface area contributed by atoms with Crippen molar-refractivity contribution < 1.29 is 19.0 Å². The molecule has 0 aliphatic heterocycles. The second-order valence-corrected chi connectivity index (χ2v) is 4.96. The fourth-order valence-corrected chi connectivity index (χ4v) is 1.15. The monoisotopic (exact) mass is 288 g/mol. The Balaban J connectivity index is 3.24. The lowest BCUT2D eigenvalue weighted by molar-refractivity contribution is 0.0453. The number of alkyl carbamates (subject to hydrolysis) is 1.